The first-order chi connectivity index (χ1) is 17.3. The van der Waals surface area contributed by atoms with Gasteiger partial charge >= 0.3 is 218 Å². The Balaban J connectivity index is 2.02. The van der Waals surface area contributed by atoms with Crippen molar-refractivity contribution in [1.29, 1.82) is 5.26 Å². The zero-order valence-electron chi connectivity index (χ0n) is 22.5. The Morgan fingerprint density at radius 3 is 2.08 bits per heavy atom. The van der Waals surface area contributed by atoms with Gasteiger partial charge in [-0.3, -0.25) is 0 Å². The minimum atomic E-state index is -0.653. The van der Waals surface area contributed by atoms with E-state index in [4.69, 9.17) is 9.39 Å². The SMILES string of the molecule is CC1/C(=C/c2ccccc2)N(C(=O)OC(C)(C)C)C(=BOC#N)N1C1CCCCCCCCCCC1. The molecule has 1 heterocycles. The second-order valence-corrected chi connectivity index (χ2v) is 11.0. The van der Waals surface area contributed by atoms with Crippen molar-refractivity contribution in [2.45, 2.75) is 116 Å². The fourth-order valence-corrected chi connectivity index (χ4v) is 5.30. The molecule has 1 unspecified atom stereocenters. The second kappa shape index (κ2) is 13.5. The molecule has 1 aromatic rings. The van der Waals surface area contributed by atoms with E-state index in [2.05, 4.69) is 11.8 Å². The number of amides is 1. The van der Waals surface area contributed by atoms with Crippen molar-refractivity contribution in [2.24, 2.45) is 0 Å². The van der Waals surface area contributed by atoms with E-state index in [0.29, 0.717) is 5.71 Å². The normalized spacial score (nSPS) is 22.9. The molecule has 0 aromatic heterocycles. The summed E-state index contributed by atoms with van der Waals surface area (Å²) in [5.41, 5.74) is 1.76. The second-order valence-electron chi connectivity index (χ2n) is 11.0. The summed E-state index contributed by atoms with van der Waals surface area (Å²) in [6.45, 7) is 7.73. The number of ether oxygens (including phenoxy) is 1. The van der Waals surface area contributed by atoms with Crippen LogP contribution in [0, 0.1) is 11.5 Å². The Labute approximate surface area is 218 Å². The fourth-order valence-electron chi connectivity index (χ4n) is 5.30. The third-order valence-corrected chi connectivity index (χ3v) is 6.97. The number of hydrogen-bond donors (Lipinski definition) is 0. The average molecular weight is 491 g/mol. The standard InChI is InChI=1S/C29H42BN3O3/c1-23-26(21-24-17-13-12-14-18-24)33(28(34)36-29(2,3)4)27(30-35-22-31)32(23)25-19-15-10-8-6-5-7-9-11-16-20-25/h12-14,17-18,21,23,25H,5-11,15-16,19-20H2,1-4H3/b26-21-. The van der Waals surface area contributed by atoms with Gasteiger partial charge in [-0.1, -0.05) is 0 Å². The van der Waals surface area contributed by atoms with Gasteiger partial charge in [-0.05, 0) is 0 Å². The van der Waals surface area contributed by atoms with Gasteiger partial charge in [0.15, 0.2) is 0 Å². The maximum atomic E-state index is 13.6. The van der Waals surface area contributed by atoms with E-state index in [-0.39, 0.29) is 12.1 Å². The predicted octanol–water partition coefficient (Wildman–Crippen LogP) is 6.85. The Morgan fingerprint density at radius 1 is 1.00 bits per heavy atom. The molecule has 1 saturated heterocycles. The molecule has 1 aliphatic carbocycles. The molecule has 1 aliphatic heterocycles. The zero-order valence-corrected chi connectivity index (χ0v) is 22.5. The molecule has 1 saturated carbocycles. The minimum absolute atomic E-state index is 0.0795. The molecule has 2 aliphatic rings. The number of hydrogen-bond acceptors (Lipinski definition) is 5. The van der Waals surface area contributed by atoms with E-state index in [1.807, 2.05) is 57.2 Å². The molecule has 194 valence electrons. The molecule has 0 radical (unpaired) electrons. The quantitative estimate of drug-likeness (QED) is 0.342. The van der Waals surface area contributed by atoms with Gasteiger partial charge in [0, 0.05) is 0 Å². The van der Waals surface area contributed by atoms with Gasteiger partial charge in [0.25, 0.3) is 0 Å². The van der Waals surface area contributed by atoms with Crippen LogP contribution >= 0.6 is 0 Å². The monoisotopic (exact) mass is 491 g/mol. The van der Waals surface area contributed by atoms with Crippen molar-refractivity contribution >= 4 is 25.0 Å². The van der Waals surface area contributed by atoms with Crippen LogP contribution < -0.4 is 0 Å². The molecular formula is C29H42BN3O3. The van der Waals surface area contributed by atoms with Crippen LogP contribution in [0.4, 0.5) is 4.79 Å². The summed E-state index contributed by atoms with van der Waals surface area (Å²) in [5.74, 6) is 0. The number of carbonyl (C=O) groups is 1. The van der Waals surface area contributed by atoms with Crippen LogP contribution in [0.15, 0.2) is 36.0 Å². The number of nitrogens with zero attached hydrogens (tertiary/aromatic N) is 3. The first kappa shape index (κ1) is 27.8. The average Bonchev–Trinajstić information content (AvgIpc) is 3.09. The van der Waals surface area contributed by atoms with Crippen LogP contribution in [0.25, 0.3) is 6.08 Å². The molecule has 0 spiro atoms. The molecule has 1 aromatic carbocycles. The van der Waals surface area contributed by atoms with Crippen LogP contribution in [0.3, 0.4) is 0 Å². The van der Waals surface area contributed by atoms with Gasteiger partial charge in [-0.25, -0.2) is 0 Å². The molecule has 0 bridgehead atoms. The Morgan fingerprint density at radius 2 is 1.56 bits per heavy atom. The van der Waals surface area contributed by atoms with E-state index >= 15 is 0 Å². The summed E-state index contributed by atoms with van der Waals surface area (Å²) in [5, 5.41) is 9.23. The molecule has 7 heteroatoms. The van der Waals surface area contributed by atoms with Crippen LogP contribution in [-0.4, -0.2) is 46.4 Å². The molecule has 1 atom stereocenters. The Kier molecular flexibility index (Phi) is 10.5. The van der Waals surface area contributed by atoms with Gasteiger partial charge in [-0.2, -0.15) is 0 Å². The van der Waals surface area contributed by atoms with E-state index < -0.39 is 11.7 Å². The summed E-state index contributed by atoms with van der Waals surface area (Å²) in [6.07, 6.45) is 16.8. The molecule has 2 fully saturated rings. The summed E-state index contributed by atoms with van der Waals surface area (Å²) in [6, 6.07) is 10.2. The van der Waals surface area contributed by atoms with Crippen LogP contribution in [0.5, 0.6) is 0 Å². The van der Waals surface area contributed by atoms with Gasteiger partial charge in [0.1, 0.15) is 0 Å². The van der Waals surface area contributed by atoms with Crippen molar-refractivity contribution in [1.82, 2.24) is 9.80 Å². The molecule has 0 N–H and O–H groups in total. The Hall–Kier alpha value is -2.75. The van der Waals surface area contributed by atoms with Gasteiger partial charge in [0.05, 0.1) is 0 Å². The van der Waals surface area contributed by atoms with E-state index in [9.17, 15) is 10.1 Å². The maximum absolute atomic E-state index is 13.6. The van der Waals surface area contributed by atoms with E-state index in [0.717, 1.165) is 36.9 Å². The van der Waals surface area contributed by atoms with Crippen LogP contribution in [0.2, 0.25) is 0 Å². The Bertz CT molecular complexity index is 937. The van der Waals surface area contributed by atoms with E-state index in [1.54, 1.807) is 11.2 Å². The zero-order chi connectivity index (χ0) is 26.0. The van der Waals surface area contributed by atoms with Gasteiger partial charge in [-0.15, -0.1) is 0 Å². The van der Waals surface area contributed by atoms with Crippen molar-refractivity contribution in [3.8, 4) is 6.26 Å². The number of rotatable bonds is 3. The van der Waals surface area contributed by atoms with Crippen molar-refractivity contribution in [3.63, 3.8) is 0 Å². The van der Waals surface area contributed by atoms with Gasteiger partial charge in [0.2, 0.25) is 0 Å². The van der Waals surface area contributed by atoms with Crippen LogP contribution in [0.1, 0.15) is 104 Å². The molecular weight excluding hydrogens is 449 g/mol. The third kappa shape index (κ3) is 7.88. The number of carbonyl (C=O) groups excluding carboxylic acids is 1. The third-order valence-electron chi connectivity index (χ3n) is 6.97. The first-order valence-corrected chi connectivity index (χ1v) is 13.6. The summed E-state index contributed by atoms with van der Waals surface area (Å²) >= 11 is 0. The number of nitriles is 1. The van der Waals surface area contributed by atoms with Gasteiger partial charge < -0.3 is 0 Å². The molecule has 36 heavy (non-hydrogen) atoms. The predicted molar refractivity (Wildman–Crippen MR) is 146 cm³/mol. The van der Waals surface area contributed by atoms with E-state index in [1.165, 1.54) is 52.1 Å². The molecule has 3 rings (SSSR count). The fraction of sp³-hybridized carbons (Fsp3) is 0.621. The van der Waals surface area contributed by atoms with Crippen molar-refractivity contribution in [2.75, 3.05) is 0 Å². The van der Waals surface area contributed by atoms with Crippen molar-refractivity contribution < 1.29 is 14.2 Å². The molecule has 1 amide bonds. The summed E-state index contributed by atoms with van der Waals surface area (Å²) in [7, 11) is 1.42. The summed E-state index contributed by atoms with van der Waals surface area (Å²) < 4.78 is 11.0. The topological polar surface area (TPSA) is 65.8 Å². The van der Waals surface area contributed by atoms with Crippen molar-refractivity contribution in [3.05, 3.63) is 41.6 Å². The molecule has 6 nitrogen and oxygen atoms in total. The first-order valence-electron chi connectivity index (χ1n) is 13.6. The van der Waals surface area contributed by atoms with Crippen LogP contribution in [-0.2, 0) is 9.39 Å². The number of benzene rings is 1. The summed E-state index contributed by atoms with van der Waals surface area (Å²) in [4.78, 5) is 17.5.